The average Bonchev–Trinajstić information content (AvgIpc) is 3.41. The second-order valence-electron chi connectivity index (χ2n) is 10.3. The van der Waals surface area contributed by atoms with E-state index in [2.05, 4.69) is 25.6 Å². The molecule has 0 bridgehead atoms. The van der Waals surface area contributed by atoms with Crippen LogP contribution in [-0.4, -0.2) is 65.4 Å². The molecule has 2 aliphatic rings. The minimum Gasteiger partial charge on any atom is -0.444 e. The fourth-order valence-corrected chi connectivity index (χ4v) is 5.62. The molecule has 0 saturated carbocycles. The number of fused-ring (bicyclic) bond motifs is 2. The van der Waals surface area contributed by atoms with E-state index in [-0.39, 0.29) is 12.1 Å². The molecule has 0 aliphatic carbocycles. The molecule has 0 unspecified atom stereocenters. The van der Waals surface area contributed by atoms with Gasteiger partial charge in [-0.3, -0.25) is 0 Å². The summed E-state index contributed by atoms with van der Waals surface area (Å²) in [5, 5.41) is 0.960. The summed E-state index contributed by atoms with van der Waals surface area (Å²) in [6.07, 6.45) is 7.02. The number of amides is 1. The summed E-state index contributed by atoms with van der Waals surface area (Å²) in [7, 11) is -3.25. The third-order valence-electron chi connectivity index (χ3n) is 6.63. The highest BCUT2D eigenvalue weighted by molar-refractivity contribution is 7.90. The molecule has 35 heavy (non-hydrogen) atoms. The Bertz CT molecular complexity index is 1380. The molecule has 3 aromatic rings. The van der Waals surface area contributed by atoms with Crippen LogP contribution >= 0.6 is 0 Å². The number of anilines is 2. The summed E-state index contributed by atoms with van der Waals surface area (Å²) < 4.78 is 31.6. The zero-order valence-electron chi connectivity index (χ0n) is 20.6. The van der Waals surface area contributed by atoms with Gasteiger partial charge in [-0.2, -0.15) is 0 Å². The maximum Gasteiger partial charge on any atom is 0.410 e. The Morgan fingerprint density at radius 1 is 1.09 bits per heavy atom. The number of benzene rings is 1. The van der Waals surface area contributed by atoms with Crippen molar-refractivity contribution in [2.75, 3.05) is 30.8 Å². The molecule has 1 saturated heterocycles. The number of sulfone groups is 1. The number of nitrogens with zero attached hydrogens (tertiary/aromatic N) is 5. The predicted octanol–water partition coefficient (Wildman–Crippen LogP) is 4.10. The van der Waals surface area contributed by atoms with Crippen molar-refractivity contribution in [1.82, 2.24) is 19.4 Å². The van der Waals surface area contributed by atoms with Crippen LogP contribution in [0.3, 0.4) is 0 Å². The highest BCUT2D eigenvalue weighted by Gasteiger charge is 2.30. The van der Waals surface area contributed by atoms with Gasteiger partial charge >= 0.3 is 6.09 Å². The number of ether oxygens (including phenoxy) is 1. The van der Waals surface area contributed by atoms with E-state index in [9.17, 15) is 13.2 Å². The Kier molecular flexibility index (Phi) is 5.74. The van der Waals surface area contributed by atoms with Crippen LogP contribution in [0.5, 0.6) is 0 Å². The fourth-order valence-electron chi connectivity index (χ4n) is 4.95. The summed E-state index contributed by atoms with van der Waals surface area (Å²) in [5.41, 5.74) is 2.36. The van der Waals surface area contributed by atoms with E-state index in [0.29, 0.717) is 18.0 Å². The van der Waals surface area contributed by atoms with Crippen molar-refractivity contribution in [3.8, 4) is 0 Å². The molecular weight excluding hydrogens is 466 g/mol. The lowest BCUT2D eigenvalue weighted by atomic mass is 10.1. The van der Waals surface area contributed by atoms with Gasteiger partial charge in [-0.25, -0.2) is 23.2 Å². The molecular formula is C25H31N5O4S. The van der Waals surface area contributed by atoms with Crippen LogP contribution in [0, 0.1) is 0 Å². The molecule has 1 aromatic carbocycles. The van der Waals surface area contributed by atoms with Gasteiger partial charge in [0.25, 0.3) is 0 Å². The Morgan fingerprint density at radius 2 is 1.83 bits per heavy atom. The Labute approximate surface area is 205 Å². The van der Waals surface area contributed by atoms with E-state index in [0.717, 1.165) is 53.9 Å². The number of carbonyl (C=O) groups excluding carboxylic acids is 1. The highest BCUT2D eigenvalue weighted by atomic mass is 32.2. The van der Waals surface area contributed by atoms with Gasteiger partial charge in [0.2, 0.25) is 0 Å². The molecule has 5 rings (SSSR count). The first-order valence-corrected chi connectivity index (χ1v) is 13.8. The van der Waals surface area contributed by atoms with Crippen LogP contribution in [0.15, 0.2) is 41.7 Å². The quantitative estimate of drug-likeness (QED) is 0.537. The number of piperidine rings is 1. The summed E-state index contributed by atoms with van der Waals surface area (Å²) in [6, 6.07) is 7.59. The van der Waals surface area contributed by atoms with Gasteiger partial charge in [-0.15, -0.1) is 0 Å². The van der Waals surface area contributed by atoms with E-state index in [1.165, 1.54) is 6.26 Å². The Balaban J connectivity index is 1.38. The van der Waals surface area contributed by atoms with Crippen molar-refractivity contribution < 1.29 is 17.9 Å². The second kappa shape index (κ2) is 8.51. The SMILES string of the molecule is CC(C)(C)OC(=O)N1CCC(n2ccc3c(N4CCc5cc(S(C)(=O)=O)ccc54)ncnc32)CC1. The summed E-state index contributed by atoms with van der Waals surface area (Å²) in [6.45, 7) is 7.64. The van der Waals surface area contributed by atoms with Gasteiger partial charge in [0.15, 0.2) is 9.84 Å². The van der Waals surface area contributed by atoms with Crippen molar-refractivity contribution in [2.45, 2.75) is 56.6 Å². The van der Waals surface area contributed by atoms with Crippen molar-refractivity contribution in [3.05, 3.63) is 42.4 Å². The zero-order valence-corrected chi connectivity index (χ0v) is 21.4. The van der Waals surface area contributed by atoms with E-state index in [4.69, 9.17) is 4.74 Å². The molecule has 4 heterocycles. The van der Waals surface area contributed by atoms with Crippen LogP contribution in [-0.2, 0) is 21.0 Å². The number of likely N-dealkylation sites (tertiary alicyclic amines) is 1. The molecule has 1 amide bonds. The maximum absolute atomic E-state index is 12.4. The first-order valence-electron chi connectivity index (χ1n) is 11.9. The molecule has 1 fully saturated rings. The van der Waals surface area contributed by atoms with Crippen LogP contribution in [0.1, 0.15) is 45.2 Å². The summed E-state index contributed by atoms with van der Waals surface area (Å²) in [5.74, 6) is 0.825. The first-order chi connectivity index (χ1) is 16.5. The van der Waals surface area contributed by atoms with Crippen LogP contribution in [0.25, 0.3) is 11.0 Å². The third-order valence-corrected chi connectivity index (χ3v) is 7.74. The Hall–Kier alpha value is -3.14. The minimum atomic E-state index is -3.25. The molecule has 9 nitrogen and oxygen atoms in total. The fraction of sp³-hybridized carbons (Fsp3) is 0.480. The minimum absolute atomic E-state index is 0.233. The smallest absolute Gasteiger partial charge is 0.410 e. The van der Waals surface area contributed by atoms with E-state index < -0.39 is 15.4 Å². The maximum atomic E-state index is 12.4. The number of hydrogen-bond acceptors (Lipinski definition) is 7. The lowest BCUT2D eigenvalue weighted by Gasteiger charge is -2.34. The molecule has 0 N–H and O–H groups in total. The molecule has 2 aliphatic heterocycles. The van der Waals surface area contributed by atoms with E-state index in [1.807, 2.05) is 32.9 Å². The summed E-state index contributed by atoms with van der Waals surface area (Å²) in [4.78, 5) is 25.9. The van der Waals surface area contributed by atoms with Crippen LogP contribution in [0.2, 0.25) is 0 Å². The number of hydrogen-bond donors (Lipinski definition) is 0. The summed E-state index contributed by atoms with van der Waals surface area (Å²) >= 11 is 0. The van der Waals surface area contributed by atoms with Crippen molar-refractivity contribution in [2.24, 2.45) is 0 Å². The lowest BCUT2D eigenvalue weighted by Crippen LogP contribution is -2.42. The second-order valence-corrected chi connectivity index (χ2v) is 12.3. The predicted molar refractivity (Wildman–Crippen MR) is 134 cm³/mol. The largest absolute Gasteiger partial charge is 0.444 e. The molecule has 2 aromatic heterocycles. The average molecular weight is 498 g/mol. The van der Waals surface area contributed by atoms with E-state index in [1.54, 1.807) is 23.4 Å². The van der Waals surface area contributed by atoms with Crippen LogP contribution < -0.4 is 4.90 Å². The van der Waals surface area contributed by atoms with Gasteiger partial charge in [0.1, 0.15) is 23.4 Å². The molecule has 10 heteroatoms. The van der Waals surface area contributed by atoms with Gasteiger partial charge in [0.05, 0.1) is 10.3 Å². The van der Waals surface area contributed by atoms with Gasteiger partial charge in [0, 0.05) is 43.8 Å². The zero-order chi connectivity index (χ0) is 25.0. The van der Waals surface area contributed by atoms with Gasteiger partial charge in [-0.1, -0.05) is 0 Å². The van der Waals surface area contributed by atoms with Crippen molar-refractivity contribution >= 4 is 38.5 Å². The third kappa shape index (κ3) is 4.59. The Morgan fingerprint density at radius 3 is 2.51 bits per heavy atom. The molecule has 0 spiro atoms. The number of rotatable bonds is 3. The monoisotopic (exact) mass is 497 g/mol. The standard InChI is InChI=1S/C25H31N5O4S/c1-25(2,3)34-24(31)28-11-8-18(9-12-28)29-14-10-20-22(29)26-16-27-23(20)30-13-7-17-15-19(35(4,32)33)5-6-21(17)30/h5-6,10,14-16,18H,7-9,11-13H2,1-4H3. The normalized spacial score (nSPS) is 17.1. The van der Waals surface area contributed by atoms with Crippen LogP contribution in [0.4, 0.5) is 16.3 Å². The van der Waals surface area contributed by atoms with Gasteiger partial charge in [-0.05, 0) is 69.9 Å². The first kappa shape index (κ1) is 23.6. The van der Waals surface area contributed by atoms with Crippen molar-refractivity contribution in [3.63, 3.8) is 0 Å². The van der Waals surface area contributed by atoms with E-state index >= 15 is 0 Å². The highest BCUT2D eigenvalue weighted by Crippen LogP contribution is 2.38. The topological polar surface area (TPSA) is 97.6 Å². The molecule has 186 valence electrons. The number of carbonyl (C=O) groups is 1. The number of aromatic nitrogens is 3. The van der Waals surface area contributed by atoms with Crippen molar-refractivity contribution in [1.29, 1.82) is 0 Å². The lowest BCUT2D eigenvalue weighted by molar-refractivity contribution is 0.0189. The van der Waals surface area contributed by atoms with Gasteiger partial charge < -0.3 is 19.1 Å². The molecule has 0 radical (unpaired) electrons. The molecule has 0 atom stereocenters.